The number of hydrogen-bond donors (Lipinski definition) is 0. The largest absolute Gasteiger partial charge is 0.371 e. The Kier molecular flexibility index (Phi) is 4.86. The smallest absolute Gasteiger partial charge is 0.101 e. The summed E-state index contributed by atoms with van der Waals surface area (Å²) in [5.41, 5.74) is 0. The van der Waals surface area contributed by atoms with E-state index >= 15 is 0 Å². The van der Waals surface area contributed by atoms with Crippen molar-refractivity contribution in [3.05, 3.63) is 0 Å². The predicted octanol–water partition coefficient (Wildman–Crippen LogP) is 4.32. The number of alkyl halides is 4. The van der Waals surface area contributed by atoms with Crippen molar-refractivity contribution in [2.75, 3.05) is 6.61 Å². The zero-order chi connectivity index (χ0) is 11.9. The summed E-state index contributed by atoms with van der Waals surface area (Å²) >= 11 is 19.9. The highest BCUT2D eigenvalue weighted by molar-refractivity contribution is 9.10. The lowest BCUT2D eigenvalue weighted by atomic mass is 9.96. The van der Waals surface area contributed by atoms with E-state index in [1.165, 1.54) is 0 Å². The predicted molar refractivity (Wildman–Crippen MR) is 74.0 cm³/mol. The highest BCUT2D eigenvalue weighted by atomic mass is 79.9. The van der Waals surface area contributed by atoms with Crippen molar-refractivity contribution in [3.8, 4) is 0 Å². The molecule has 15 heavy (non-hydrogen) atoms. The van der Waals surface area contributed by atoms with Gasteiger partial charge in [0.2, 0.25) is 0 Å². The maximum atomic E-state index is 6.44. The second-order valence-electron chi connectivity index (χ2n) is 4.71. The highest BCUT2D eigenvalue weighted by Crippen LogP contribution is 2.41. The fourth-order valence-corrected chi connectivity index (χ4v) is 3.12. The monoisotopic (exact) mass is 380 g/mol. The van der Waals surface area contributed by atoms with E-state index in [2.05, 4.69) is 31.9 Å². The van der Waals surface area contributed by atoms with Crippen LogP contribution in [0.3, 0.4) is 0 Å². The molecule has 1 aliphatic heterocycles. The van der Waals surface area contributed by atoms with Gasteiger partial charge in [-0.3, -0.25) is 0 Å². The first-order valence-electron chi connectivity index (χ1n) is 4.93. The molecule has 0 saturated carbocycles. The molecule has 0 radical (unpaired) electrons. The molecule has 0 aromatic carbocycles. The van der Waals surface area contributed by atoms with Gasteiger partial charge in [-0.05, 0) is 27.2 Å². The summed E-state index contributed by atoms with van der Waals surface area (Å²) in [6.45, 7) is 6.76. The van der Waals surface area contributed by atoms with E-state index in [9.17, 15) is 0 Å². The zero-order valence-electron chi connectivity index (χ0n) is 9.07. The average Bonchev–Trinajstić information content (AvgIpc) is 2.83. The first-order valence-corrected chi connectivity index (χ1v) is 7.52. The molecule has 0 aromatic heterocycles. The molecular formula is C10H16Br2Cl2O. The van der Waals surface area contributed by atoms with Gasteiger partial charge in [0.1, 0.15) is 6.10 Å². The van der Waals surface area contributed by atoms with Crippen LogP contribution in [0.5, 0.6) is 0 Å². The standard InChI is InChI=1S/C10H16Br2Cl2O/c1-9(2,13)6(11)4-7(12)10(3,14)8-5-15-8/h6-8H,4-5H2,1-3H3. The first-order chi connectivity index (χ1) is 6.65. The van der Waals surface area contributed by atoms with E-state index in [0.717, 1.165) is 13.0 Å². The average molecular weight is 383 g/mol. The molecule has 0 amide bonds. The summed E-state index contributed by atoms with van der Waals surface area (Å²) in [5, 5.41) is 0. The molecule has 0 aliphatic carbocycles. The van der Waals surface area contributed by atoms with Crippen molar-refractivity contribution < 1.29 is 4.74 Å². The van der Waals surface area contributed by atoms with Gasteiger partial charge in [0, 0.05) is 9.65 Å². The summed E-state index contributed by atoms with van der Waals surface area (Å²) in [7, 11) is 0. The number of epoxide rings is 1. The van der Waals surface area contributed by atoms with Gasteiger partial charge in [-0.15, -0.1) is 23.2 Å². The van der Waals surface area contributed by atoms with Crippen LogP contribution in [0.25, 0.3) is 0 Å². The third-order valence-electron chi connectivity index (χ3n) is 2.73. The molecule has 4 unspecified atom stereocenters. The van der Waals surface area contributed by atoms with Gasteiger partial charge >= 0.3 is 0 Å². The molecule has 1 heterocycles. The Morgan fingerprint density at radius 1 is 1.27 bits per heavy atom. The molecular weight excluding hydrogens is 367 g/mol. The van der Waals surface area contributed by atoms with Gasteiger partial charge in [-0.1, -0.05) is 31.9 Å². The lowest BCUT2D eigenvalue weighted by Gasteiger charge is -2.31. The van der Waals surface area contributed by atoms with E-state index in [4.69, 9.17) is 27.9 Å². The lowest BCUT2D eigenvalue weighted by molar-refractivity contribution is 0.349. The Balaban J connectivity index is 2.51. The molecule has 0 bridgehead atoms. The van der Waals surface area contributed by atoms with Crippen LogP contribution in [0.2, 0.25) is 0 Å². The van der Waals surface area contributed by atoms with Crippen LogP contribution in [-0.4, -0.2) is 32.1 Å². The first kappa shape index (κ1) is 14.6. The number of rotatable bonds is 5. The van der Waals surface area contributed by atoms with Gasteiger partial charge < -0.3 is 4.74 Å². The molecule has 1 rings (SSSR count). The Bertz CT molecular complexity index is 224. The van der Waals surface area contributed by atoms with Crippen LogP contribution in [-0.2, 0) is 4.74 Å². The fraction of sp³-hybridized carbons (Fsp3) is 1.00. The zero-order valence-corrected chi connectivity index (χ0v) is 13.8. The lowest BCUT2D eigenvalue weighted by Crippen LogP contribution is -2.39. The van der Waals surface area contributed by atoms with Gasteiger partial charge in [-0.2, -0.15) is 0 Å². The van der Waals surface area contributed by atoms with Crippen LogP contribution in [0, 0.1) is 0 Å². The molecule has 1 saturated heterocycles. The summed E-state index contributed by atoms with van der Waals surface area (Å²) in [5.74, 6) is 0. The Morgan fingerprint density at radius 3 is 2.07 bits per heavy atom. The van der Waals surface area contributed by atoms with Gasteiger partial charge in [0.25, 0.3) is 0 Å². The van der Waals surface area contributed by atoms with Crippen molar-refractivity contribution in [3.63, 3.8) is 0 Å². The molecule has 90 valence electrons. The number of ether oxygens (including phenoxy) is 1. The molecule has 5 heteroatoms. The summed E-state index contributed by atoms with van der Waals surface area (Å²) in [4.78, 5) is -0.230. The van der Waals surface area contributed by atoms with E-state index in [0.29, 0.717) is 0 Å². The minimum atomic E-state index is -0.353. The second-order valence-corrected chi connectivity index (χ2v) is 8.71. The van der Waals surface area contributed by atoms with Gasteiger partial charge in [0.15, 0.2) is 0 Å². The topological polar surface area (TPSA) is 12.5 Å². The second kappa shape index (κ2) is 5.01. The van der Waals surface area contributed by atoms with Crippen LogP contribution < -0.4 is 0 Å². The highest BCUT2D eigenvalue weighted by Gasteiger charge is 2.47. The molecule has 1 aliphatic rings. The fourth-order valence-electron chi connectivity index (χ4n) is 1.27. The van der Waals surface area contributed by atoms with E-state index in [-0.39, 0.29) is 25.5 Å². The maximum absolute atomic E-state index is 6.44. The molecule has 0 aromatic rings. The quantitative estimate of drug-likeness (QED) is 0.509. The molecule has 1 nitrogen and oxygen atoms in total. The minimum absolute atomic E-state index is 0.168. The Hall–Kier alpha value is 1.50. The van der Waals surface area contributed by atoms with Crippen LogP contribution in [0.1, 0.15) is 27.2 Å². The Labute approximate surface area is 118 Å². The van der Waals surface area contributed by atoms with Crippen LogP contribution >= 0.6 is 55.1 Å². The minimum Gasteiger partial charge on any atom is -0.371 e. The normalized spacial score (nSPS) is 29.4. The van der Waals surface area contributed by atoms with Gasteiger partial charge in [-0.25, -0.2) is 0 Å². The van der Waals surface area contributed by atoms with Crippen molar-refractivity contribution in [1.29, 1.82) is 0 Å². The van der Waals surface area contributed by atoms with Crippen molar-refractivity contribution in [2.45, 2.75) is 52.7 Å². The molecule has 0 N–H and O–H groups in total. The molecule has 1 fully saturated rings. The maximum Gasteiger partial charge on any atom is 0.101 e. The van der Waals surface area contributed by atoms with Crippen molar-refractivity contribution >= 4 is 55.1 Å². The Morgan fingerprint density at radius 2 is 1.73 bits per heavy atom. The molecule has 0 spiro atoms. The van der Waals surface area contributed by atoms with Crippen LogP contribution in [0.15, 0.2) is 0 Å². The summed E-state index contributed by atoms with van der Waals surface area (Å²) in [6.07, 6.45) is 1.04. The molecule has 4 atom stereocenters. The third-order valence-corrected chi connectivity index (χ3v) is 6.87. The van der Waals surface area contributed by atoms with Crippen molar-refractivity contribution in [1.82, 2.24) is 0 Å². The van der Waals surface area contributed by atoms with Crippen molar-refractivity contribution in [2.24, 2.45) is 0 Å². The SMILES string of the molecule is CC(C)(Cl)C(Br)CC(Br)C(C)(Cl)C1CO1. The number of hydrogen-bond acceptors (Lipinski definition) is 1. The van der Waals surface area contributed by atoms with E-state index < -0.39 is 0 Å². The third kappa shape index (κ3) is 4.02. The van der Waals surface area contributed by atoms with E-state index in [1.54, 1.807) is 0 Å². The van der Waals surface area contributed by atoms with Gasteiger partial charge in [0.05, 0.1) is 16.4 Å². The summed E-state index contributed by atoms with van der Waals surface area (Å²) in [6, 6.07) is 0. The number of halogens is 4. The summed E-state index contributed by atoms with van der Waals surface area (Å²) < 4.78 is 5.25. The van der Waals surface area contributed by atoms with E-state index in [1.807, 2.05) is 20.8 Å². The van der Waals surface area contributed by atoms with Crippen LogP contribution in [0.4, 0.5) is 0 Å².